The van der Waals surface area contributed by atoms with Crippen LogP contribution in [0.2, 0.25) is 0 Å². The molecule has 0 bridgehead atoms. The first-order valence-electron chi connectivity index (χ1n) is 6.14. The summed E-state index contributed by atoms with van der Waals surface area (Å²) in [6.07, 6.45) is 4.84. The first kappa shape index (κ1) is 12.5. The van der Waals surface area contributed by atoms with Gasteiger partial charge in [0.15, 0.2) is 5.79 Å². The second-order valence-corrected chi connectivity index (χ2v) is 4.80. The molecule has 1 aliphatic rings. The molecular formula is C12H21N3O2. The van der Waals surface area contributed by atoms with Crippen molar-refractivity contribution in [1.82, 2.24) is 15.1 Å². The van der Waals surface area contributed by atoms with Crippen LogP contribution in [0.25, 0.3) is 0 Å². The van der Waals surface area contributed by atoms with E-state index in [1.165, 1.54) is 0 Å². The molecule has 17 heavy (non-hydrogen) atoms. The third-order valence-corrected chi connectivity index (χ3v) is 2.82. The van der Waals surface area contributed by atoms with Crippen molar-refractivity contribution in [2.75, 3.05) is 19.8 Å². The number of hydrogen-bond donors (Lipinski definition) is 1. The molecule has 0 aliphatic carbocycles. The Kier molecular flexibility index (Phi) is 4.15. The molecule has 2 heterocycles. The van der Waals surface area contributed by atoms with Crippen LogP contribution in [-0.2, 0) is 16.0 Å². The Morgan fingerprint density at radius 1 is 1.41 bits per heavy atom. The predicted molar refractivity (Wildman–Crippen MR) is 64.6 cm³/mol. The van der Waals surface area contributed by atoms with Gasteiger partial charge >= 0.3 is 0 Å². The van der Waals surface area contributed by atoms with Gasteiger partial charge in [0, 0.05) is 18.9 Å². The monoisotopic (exact) mass is 239 g/mol. The van der Waals surface area contributed by atoms with Gasteiger partial charge in [-0.2, -0.15) is 5.10 Å². The fraction of sp³-hybridized carbons (Fsp3) is 0.750. The lowest BCUT2D eigenvalue weighted by Gasteiger charge is -2.35. The Morgan fingerprint density at radius 2 is 2.18 bits per heavy atom. The van der Waals surface area contributed by atoms with E-state index in [0.717, 1.165) is 32.7 Å². The molecule has 96 valence electrons. The molecule has 1 N–H and O–H groups in total. The molecule has 1 fully saturated rings. The first-order valence-corrected chi connectivity index (χ1v) is 6.14. The summed E-state index contributed by atoms with van der Waals surface area (Å²) in [4.78, 5) is 0. The zero-order valence-electron chi connectivity index (χ0n) is 10.6. The van der Waals surface area contributed by atoms with E-state index in [4.69, 9.17) is 9.47 Å². The van der Waals surface area contributed by atoms with Gasteiger partial charge in [-0.05, 0) is 32.9 Å². The lowest BCUT2D eigenvalue weighted by molar-refractivity contribution is -0.252. The molecule has 0 amide bonds. The van der Waals surface area contributed by atoms with Crippen molar-refractivity contribution in [3.05, 3.63) is 18.5 Å². The summed E-state index contributed by atoms with van der Waals surface area (Å²) in [5.41, 5.74) is 0. The molecule has 5 heteroatoms. The van der Waals surface area contributed by atoms with E-state index in [9.17, 15) is 0 Å². The van der Waals surface area contributed by atoms with E-state index in [1.54, 1.807) is 6.20 Å². The highest BCUT2D eigenvalue weighted by Crippen LogP contribution is 2.16. The van der Waals surface area contributed by atoms with Crippen molar-refractivity contribution >= 4 is 0 Å². The van der Waals surface area contributed by atoms with Crippen LogP contribution in [0.5, 0.6) is 0 Å². The van der Waals surface area contributed by atoms with E-state index in [1.807, 2.05) is 30.8 Å². The van der Waals surface area contributed by atoms with Crippen molar-refractivity contribution in [1.29, 1.82) is 0 Å². The predicted octanol–water partition coefficient (Wildman–Crippen LogP) is 1.01. The number of aryl methyl sites for hydroxylation is 1. The summed E-state index contributed by atoms with van der Waals surface area (Å²) in [6.45, 7) is 7.23. The number of hydrogen-bond acceptors (Lipinski definition) is 4. The summed E-state index contributed by atoms with van der Waals surface area (Å²) in [5.74, 6) is -0.423. The largest absolute Gasteiger partial charge is 0.349 e. The summed E-state index contributed by atoms with van der Waals surface area (Å²) >= 11 is 0. The Hall–Kier alpha value is -0.910. The molecular weight excluding hydrogens is 218 g/mol. The van der Waals surface area contributed by atoms with Gasteiger partial charge in [-0.25, -0.2) is 0 Å². The fourth-order valence-corrected chi connectivity index (χ4v) is 1.79. The third kappa shape index (κ3) is 4.11. The quantitative estimate of drug-likeness (QED) is 0.779. The van der Waals surface area contributed by atoms with Crippen LogP contribution >= 0.6 is 0 Å². The van der Waals surface area contributed by atoms with Gasteiger partial charge < -0.3 is 14.8 Å². The maximum Gasteiger partial charge on any atom is 0.162 e. The Balaban J connectivity index is 1.57. The maximum atomic E-state index is 5.58. The molecule has 1 aliphatic heterocycles. The van der Waals surface area contributed by atoms with Crippen molar-refractivity contribution < 1.29 is 9.47 Å². The molecule has 0 saturated carbocycles. The normalized spacial score (nSPS) is 20.6. The first-order chi connectivity index (χ1) is 8.16. The molecule has 0 spiro atoms. The number of nitrogens with zero attached hydrogens (tertiary/aromatic N) is 2. The molecule has 2 rings (SSSR count). The van der Waals surface area contributed by atoms with E-state index in [0.29, 0.717) is 6.04 Å². The Bertz CT molecular complexity index is 315. The van der Waals surface area contributed by atoms with Crippen molar-refractivity contribution in [3.63, 3.8) is 0 Å². The van der Waals surface area contributed by atoms with Gasteiger partial charge in [0.05, 0.1) is 19.3 Å². The van der Waals surface area contributed by atoms with E-state index in [-0.39, 0.29) is 0 Å². The Morgan fingerprint density at radius 3 is 2.82 bits per heavy atom. The van der Waals surface area contributed by atoms with Crippen molar-refractivity contribution in [3.8, 4) is 0 Å². The van der Waals surface area contributed by atoms with Gasteiger partial charge in [-0.15, -0.1) is 0 Å². The highest BCUT2D eigenvalue weighted by molar-refractivity contribution is 4.78. The second-order valence-electron chi connectivity index (χ2n) is 4.80. The summed E-state index contributed by atoms with van der Waals surface area (Å²) in [6, 6.07) is 2.25. The van der Waals surface area contributed by atoms with Crippen LogP contribution in [0.1, 0.15) is 20.3 Å². The highest BCUT2D eigenvalue weighted by atomic mass is 16.7. The average molecular weight is 239 g/mol. The van der Waals surface area contributed by atoms with E-state index < -0.39 is 5.79 Å². The number of aromatic nitrogens is 2. The third-order valence-electron chi connectivity index (χ3n) is 2.82. The summed E-state index contributed by atoms with van der Waals surface area (Å²) < 4.78 is 13.1. The minimum absolute atomic E-state index is 0.306. The SMILES string of the molecule is CC1(C)OCC(NCCCn2cccn2)CO1. The van der Waals surface area contributed by atoms with Gasteiger partial charge in [-0.1, -0.05) is 0 Å². The minimum Gasteiger partial charge on any atom is -0.349 e. The molecule has 1 saturated heterocycles. The molecule has 0 atom stereocenters. The Labute approximate surface area is 102 Å². The minimum atomic E-state index is -0.423. The average Bonchev–Trinajstić information content (AvgIpc) is 2.79. The fourth-order valence-electron chi connectivity index (χ4n) is 1.79. The zero-order valence-corrected chi connectivity index (χ0v) is 10.6. The zero-order chi connectivity index (χ0) is 12.1. The van der Waals surface area contributed by atoms with Crippen LogP contribution in [0, 0.1) is 0 Å². The lowest BCUT2D eigenvalue weighted by atomic mass is 10.2. The molecule has 5 nitrogen and oxygen atoms in total. The second kappa shape index (κ2) is 5.62. The number of rotatable bonds is 5. The topological polar surface area (TPSA) is 48.3 Å². The van der Waals surface area contributed by atoms with Gasteiger partial charge in [0.2, 0.25) is 0 Å². The highest BCUT2D eigenvalue weighted by Gasteiger charge is 2.27. The smallest absolute Gasteiger partial charge is 0.162 e. The standard InChI is InChI=1S/C12H21N3O2/c1-12(2)16-9-11(10-17-12)13-5-3-7-15-8-4-6-14-15/h4,6,8,11,13H,3,5,7,9-10H2,1-2H3. The molecule has 0 aromatic carbocycles. The van der Waals surface area contributed by atoms with Gasteiger partial charge in [0.25, 0.3) is 0 Å². The van der Waals surface area contributed by atoms with Crippen LogP contribution < -0.4 is 5.32 Å². The molecule has 0 radical (unpaired) electrons. The van der Waals surface area contributed by atoms with Gasteiger partial charge in [0.1, 0.15) is 0 Å². The molecule has 1 aromatic rings. The number of ether oxygens (including phenoxy) is 2. The number of nitrogens with one attached hydrogen (secondary N) is 1. The molecule has 0 unspecified atom stereocenters. The van der Waals surface area contributed by atoms with Crippen LogP contribution in [0.4, 0.5) is 0 Å². The lowest BCUT2D eigenvalue weighted by Crippen LogP contribution is -2.48. The summed E-state index contributed by atoms with van der Waals surface area (Å²) in [7, 11) is 0. The summed E-state index contributed by atoms with van der Waals surface area (Å²) in [5, 5.41) is 7.59. The molecule has 1 aromatic heterocycles. The van der Waals surface area contributed by atoms with Gasteiger partial charge in [-0.3, -0.25) is 4.68 Å². The van der Waals surface area contributed by atoms with Crippen molar-refractivity contribution in [2.24, 2.45) is 0 Å². The van der Waals surface area contributed by atoms with Crippen LogP contribution in [0.15, 0.2) is 18.5 Å². The van der Waals surface area contributed by atoms with E-state index >= 15 is 0 Å². The maximum absolute atomic E-state index is 5.58. The van der Waals surface area contributed by atoms with E-state index in [2.05, 4.69) is 10.4 Å². The van der Waals surface area contributed by atoms with Crippen molar-refractivity contribution in [2.45, 2.75) is 38.6 Å². The van der Waals surface area contributed by atoms with Crippen LogP contribution in [0.3, 0.4) is 0 Å². The van der Waals surface area contributed by atoms with Crippen LogP contribution in [-0.4, -0.2) is 41.4 Å².